The van der Waals surface area contributed by atoms with Crippen LogP contribution < -0.4 is 5.69 Å². The van der Waals surface area contributed by atoms with Crippen molar-refractivity contribution in [1.29, 1.82) is 0 Å². The van der Waals surface area contributed by atoms with Crippen molar-refractivity contribution in [2.75, 3.05) is 13.1 Å². The van der Waals surface area contributed by atoms with Crippen molar-refractivity contribution in [1.82, 2.24) is 24.0 Å². The summed E-state index contributed by atoms with van der Waals surface area (Å²) in [5.74, 6) is 0.165. The van der Waals surface area contributed by atoms with Gasteiger partial charge in [0.05, 0.1) is 18.5 Å². The molecule has 4 rings (SSSR count). The molecule has 0 saturated carbocycles. The highest BCUT2D eigenvalue weighted by atomic mass is 16.3. The molecule has 4 heterocycles. The molecule has 0 aliphatic carbocycles. The fourth-order valence-corrected chi connectivity index (χ4v) is 3.12. The molecule has 1 amide bonds. The minimum atomic E-state index is -0.152. The molecule has 0 radical (unpaired) electrons. The van der Waals surface area contributed by atoms with E-state index in [1.54, 1.807) is 34.8 Å². The van der Waals surface area contributed by atoms with Crippen LogP contribution in [0.25, 0.3) is 11.2 Å². The Labute approximate surface area is 131 Å². The average molecular weight is 313 g/mol. The topological polar surface area (TPSA) is 86.2 Å². The summed E-state index contributed by atoms with van der Waals surface area (Å²) in [6.45, 7) is 1.04. The maximum Gasteiger partial charge on any atom is 0.330 e. The lowest BCUT2D eigenvalue weighted by molar-refractivity contribution is 0.0756. The summed E-state index contributed by atoms with van der Waals surface area (Å²) >= 11 is 0. The third kappa shape index (κ3) is 2.06. The van der Waals surface area contributed by atoms with E-state index in [1.165, 1.54) is 17.2 Å². The monoisotopic (exact) mass is 313 g/mol. The fraction of sp³-hybridized carbons (Fsp3) is 0.333. The SMILES string of the molecule is Cn1c(=O)n([C@@H]2CCN(C(=O)c3ccco3)C2)c2ncncc21. The average Bonchev–Trinajstić information content (AvgIpc) is 3.29. The minimum Gasteiger partial charge on any atom is -0.459 e. The molecular formula is C15H15N5O3. The van der Waals surface area contributed by atoms with Crippen LogP contribution in [0.1, 0.15) is 23.0 Å². The first-order valence-corrected chi connectivity index (χ1v) is 7.36. The summed E-state index contributed by atoms with van der Waals surface area (Å²) < 4.78 is 8.36. The Morgan fingerprint density at radius 2 is 2.30 bits per heavy atom. The van der Waals surface area contributed by atoms with E-state index in [4.69, 9.17) is 4.42 Å². The number of rotatable bonds is 2. The molecular weight excluding hydrogens is 298 g/mol. The summed E-state index contributed by atoms with van der Waals surface area (Å²) in [7, 11) is 1.70. The van der Waals surface area contributed by atoms with Crippen LogP contribution in [0.4, 0.5) is 0 Å². The number of amides is 1. The van der Waals surface area contributed by atoms with Gasteiger partial charge in [-0.3, -0.25) is 13.9 Å². The van der Waals surface area contributed by atoms with Crippen LogP contribution in [-0.4, -0.2) is 43.0 Å². The number of furan rings is 1. The predicted molar refractivity (Wildman–Crippen MR) is 81.0 cm³/mol. The van der Waals surface area contributed by atoms with E-state index in [9.17, 15) is 9.59 Å². The van der Waals surface area contributed by atoms with Crippen molar-refractivity contribution in [3.63, 3.8) is 0 Å². The first-order valence-electron chi connectivity index (χ1n) is 7.36. The van der Waals surface area contributed by atoms with Crippen LogP contribution in [0, 0.1) is 0 Å². The maximum atomic E-state index is 12.5. The van der Waals surface area contributed by atoms with Crippen molar-refractivity contribution in [2.45, 2.75) is 12.5 Å². The number of nitrogens with zero attached hydrogens (tertiary/aromatic N) is 5. The van der Waals surface area contributed by atoms with Crippen LogP contribution in [0.5, 0.6) is 0 Å². The molecule has 8 heteroatoms. The van der Waals surface area contributed by atoms with Gasteiger partial charge in [0, 0.05) is 20.1 Å². The first kappa shape index (κ1) is 13.7. The van der Waals surface area contributed by atoms with Gasteiger partial charge in [-0.1, -0.05) is 0 Å². The highest BCUT2D eigenvalue weighted by Crippen LogP contribution is 2.24. The fourth-order valence-electron chi connectivity index (χ4n) is 3.12. The molecule has 0 N–H and O–H groups in total. The number of likely N-dealkylation sites (tertiary alicyclic amines) is 1. The number of hydrogen-bond acceptors (Lipinski definition) is 5. The van der Waals surface area contributed by atoms with Gasteiger partial charge in [0.25, 0.3) is 5.91 Å². The second-order valence-corrected chi connectivity index (χ2v) is 5.61. The number of hydrogen-bond donors (Lipinski definition) is 0. The molecule has 118 valence electrons. The van der Waals surface area contributed by atoms with Crippen LogP contribution in [0.3, 0.4) is 0 Å². The molecule has 1 aliphatic heterocycles. The summed E-state index contributed by atoms with van der Waals surface area (Å²) in [6, 6.07) is 3.24. The molecule has 0 spiro atoms. The van der Waals surface area contributed by atoms with Crippen LogP contribution in [0.15, 0.2) is 40.1 Å². The van der Waals surface area contributed by atoms with Gasteiger partial charge in [-0.2, -0.15) is 0 Å². The highest BCUT2D eigenvalue weighted by Gasteiger charge is 2.31. The molecule has 1 fully saturated rings. The van der Waals surface area contributed by atoms with E-state index in [2.05, 4.69) is 9.97 Å². The van der Waals surface area contributed by atoms with Gasteiger partial charge < -0.3 is 9.32 Å². The van der Waals surface area contributed by atoms with Crippen LogP contribution in [0.2, 0.25) is 0 Å². The van der Waals surface area contributed by atoms with Gasteiger partial charge >= 0.3 is 5.69 Å². The Morgan fingerprint density at radius 3 is 3.09 bits per heavy atom. The number of aryl methyl sites for hydroxylation is 1. The van der Waals surface area contributed by atoms with Crippen molar-refractivity contribution >= 4 is 17.1 Å². The molecule has 1 aliphatic rings. The number of fused-ring (bicyclic) bond motifs is 1. The maximum absolute atomic E-state index is 12.5. The zero-order valence-electron chi connectivity index (χ0n) is 12.5. The Morgan fingerprint density at radius 1 is 1.43 bits per heavy atom. The van der Waals surface area contributed by atoms with E-state index in [0.717, 1.165) is 0 Å². The first-order chi connectivity index (χ1) is 11.2. The zero-order chi connectivity index (χ0) is 16.0. The van der Waals surface area contributed by atoms with Crippen molar-refractivity contribution in [2.24, 2.45) is 7.05 Å². The third-order valence-electron chi connectivity index (χ3n) is 4.30. The molecule has 23 heavy (non-hydrogen) atoms. The standard InChI is InChI=1S/C15H15N5O3/c1-18-11-7-16-9-17-13(11)20(15(18)22)10-4-5-19(8-10)14(21)12-3-2-6-23-12/h2-3,6-7,9-10H,4-5,8H2,1H3/t10-/m1/s1. The van der Waals surface area contributed by atoms with Gasteiger partial charge in [0.2, 0.25) is 0 Å². The van der Waals surface area contributed by atoms with Gasteiger partial charge in [-0.25, -0.2) is 14.8 Å². The lowest BCUT2D eigenvalue weighted by Crippen LogP contribution is -2.31. The third-order valence-corrected chi connectivity index (χ3v) is 4.30. The van der Waals surface area contributed by atoms with Crippen molar-refractivity contribution < 1.29 is 9.21 Å². The Kier molecular flexibility index (Phi) is 3.03. The molecule has 0 aromatic carbocycles. The molecule has 3 aromatic rings. The van der Waals surface area contributed by atoms with E-state index in [-0.39, 0.29) is 17.6 Å². The quantitative estimate of drug-likeness (QED) is 0.699. The predicted octanol–water partition coefficient (Wildman–Crippen LogP) is 0.810. The van der Waals surface area contributed by atoms with Gasteiger partial charge in [-0.15, -0.1) is 0 Å². The summed E-state index contributed by atoms with van der Waals surface area (Å²) in [4.78, 5) is 34.8. The van der Waals surface area contributed by atoms with Gasteiger partial charge in [-0.05, 0) is 18.6 Å². The zero-order valence-corrected chi connectivity index (χ0v) is 12.5. The van der Waals surface area contributed by atoms with Crippen molar-refractivity contribution in [3.05, 3.63) is 47.2 Å². The number of imidazole rings is 1. The summed E-state index contributed by atoms with van der Waals surface area (Å²) in [5, 5.41) is 0. The lowest BCUT2D eigenvalue weighted by atomic mass is 10.2. The smallest absolute Gasteiger partial charge is 0.330 e. The molecule has 1 atom stereocenters. The molecule has 0 bridgehead atoms. The van der Waals surface area contributed by atoms with E-state index < -0.39 is 0 Å². The van der Waals surface area contributed by atoms with Crippen molar-refractivity contribution in [3.8, 4) is 0 Å². The number of aromatic nitrogens is 4. The van der Waals surface area contributed by atoms with Crippen LogP contribution in [-0.2, 0) is 7.05 Å². The second-order valence-electron chi connectivity index (χ2n) is 5.61. The van der Waals surface area contributed by atoms with E-state index >= 15 is 0 Å². The summed E-state index contributed by atoms with van der Waals surface area (Å²) in [5.41, 5.74) is 1.15. The Bertz CT molecular complexity index is 924. The highest BCUT2D eigenvalue weighted by molar-refractivity contribution is 5.91. The largest absolute Gasteiger partial charge is 0.459 e. The normalized spacial score (nSPS) is 18.0. The van der Waals surface area contributed by atoms with Crippen LogP contribution >= 0.6 is 0 Å². The Hall–Kier alpha value is -2.90. The lowest BCUT2D eigenvalue weighted by Gasteiger charge is -2.15. The molecule has 8 nitrogen and oxygen atoms in total. The Balaban J connectivity index is 1.67. The minimum absolute atomic E-state index is 0.0972. The van der Waals surface area contributed by atoms with E-state index in [0.29, 0.717) is 36.4 Å². The second kappa shape index (κ2) is 5.08. The number of carbonyl (C=O) groups is 1. The summed E-state index contributed by atoms with van der Waals surface area (Å²) in [6.07, 6.45) is 5.24. The van der Waals surface area contributed by atoms with E-state index in [1.807, 2.05) is 0 Å². The van der Waals surface area contributed by atoms with Gasteiger partial charge in [0.1, 0.15) is 11.8 Å². The molecule has 3 aromatic heterocycles. The molecule has 0 unspecified atom stereocenters. The van der Waals surface area contributed by atoms with Gasteiger partial charge in [0.15, 0.2) is 11.4 Å². The molecule has 1 saturated heterocycles. The number of carbonyl (C=O) groups excluding carboxylic acids is 1.